The highest BCUT2D eigenvalue weighted by Crippen LogP contribution is 2.33. The van der Waals surface area contributed by atoms with E-state index in [2.05, 4.69) is 11.4 Å². The van der Waals surface area contributed by atoms with E-state index < -0.39 is 11.9 Å². The first-order chi connectivity index (χ1) is 9.95. The zero-order chi connectivity index (χ0) is 15.6. The third kappa shape index (κ3) is 3.20. The number of urea groups is 1. The molecule has 2 unspecified atom stereocenters. The fraction of sp³-hybridized carbons (Fsp3) is 0.600. The first-order valence-corrected chi connectivity index (χ1v) is 8.18. The fourth-order valence-electron chi connectivity index (χ4n) is 2.70. The van der Waals surface area contributed by atoms with Crippen molar-refractivity contribution < 1.29 is 14.7 Å². The summed E-state index contributed by atoms with van der Waals surface area (Å²) in [5, 5.41) is 11.1. The summed E-state index contributed by atoms with van der Waals surface area (Å²) in [5.74, 6) is -1.42. The molecule has 0 saturated heterocycles. The molecule has 5 nitrogen and oxygen atoms in total. The van der Waals surface area contributed by atoms with Crippen LogP contribution in [0.15, 0.2) is 11.4 Å². The van der Waals surface area contributed by atoms with E-state index in [0.29, 0.717) is 13.1 Å². The lowest BCUT2D eigenvalue weighted by Crippen LogP contribution is -2.48. The number of rotatable bonds is 4. The summed E-state index contributed by atoms with van der Waals surface area (Å²) in [6.07, 6.45) is 0.884. The second-order valence-corrected chi connectivity index (χ2v) is 6.48. The molecule has 1 aliphatic rings. The molecule has 1 aromatic heterocycles. The minimum atomic E-state index is -0.868. The van der Waals surface area contributed by atoms with Crippen LogP contribution in [0.1, 0.15) is 37.3 Å². The van der Waals surface area contributed by atoms with Crippen LogP contribution in [0.3, 0.4) is 0 Å². The van der Waals surface area contributed by atoms with Crippen molar-refractivity contribution in [2.45, 2.75) is 33.2 Å². The second kappa shape index (κ2) is 6.47. The van der Waals surface area contributed by atoms with Crippen molar-refractivity contribution >= 4 is 23.3 Å². The van der Waals surface area contributed by atoms with Gasteiger partial charge >= 0.3 is 12.0 Å². The van der Waals surface area contributed by atoms with Crippen molar-refractivity contribution in [3.05, 3.63) is 21.9 Å². The van der Waals surface area contributed by atoms with Gasteiger partial charge in [0.1, 0.15) is 0 Å². The zero-order valence-electron chi connectivity index (χ0n) is 12.7. The first kappa shape index (κ1) is 15.8. The molecule has 1 aromatic rings. The Morgan fingerprint density at radius 3 is 2.90 bits per heavy atom. The molecule has 0 bridgehead atoms. The molecular formula is C15H22N2O3S. The summed E-state index contributed by atoms with van der Waals surface area (Å²) in [4.78, 5) is 28.5. The smallest absolute Gasteiger partial charge is 0.320 e. The minimum Gasteiger partial charge on any atom is -0.481 e. The van der Waals surface area contributed by atoms with Crippen LogP contribution < -0.4 is 0 Å². The van der Waals surface area contributed by atoms with Crippen LogP contribution >= 0.6 is 11.3 Å². The van der Waals surface area contributed by atoms with Gasteiger partial charge in [-0.15, -0.1) is 11.3 Å². The van der Waals surface area contributed by atoms with Gasteiger partial charge in [-0.2, -0.15) is 0 Å². The molecule has 2 atom stereocenters. The number of hydrogen-bond donors (Lipinski definition) is 1. The van der Waals surface area contributed by atoms with Gasteiger partial charge in [0, 0.05) is 24.5 Å². The number of amides is 2. The van der Waals surface area contributed by atoms with E-state index in [4.69, 9.17) is 5.11 Å². The predicted molar refractivity (Wildman–Crippen MR) is 82.6 cm³/mol. The molecule has 0 spiro atoms. The van der Waals surface area contributed by atoms with Crippen LogP contribution in [0.2, 0.25) is 0 Å². The number of nitrogens with zero attached hydrogens (tertiary/aromatic N) is 2. The Morgan fingerprint density at radius 2 is 2.29 bits per heavy atom. The van der Waals surface area contributed by atoms with Crippen molar-refractivity contribution in [1.29, 1.82) is 0 Å². The number of carboxylic acids is 1. The highest BCUT2D eigenvalue weighted by atomic mass is 32.1. The fourth-order valence-corrected chi connectivity index (χ4v) is 3.67. The summed E-state index contributed by atoms with van der Waals surface area (Å²) in [6, 6.07) is 2.08. The summed E-state index contributed by atoms with van der Waals surface area (Å²) in [7, 11) is 0. The number of thiophene rings is 1. The maximum atomic E-state index is 12.7. The molecular weight excluding hydrogens is 288 g/mol. The van der Waals surface area contributed by atoms with Crippen molar-refractivity contribution in [2.75, 3.05) is 19.6 Å². The maximum absolute atomic E-state index is 12.7. The van der Waals surface area contributed by atoms with Crippen LogP contribution in [0, 0.1) is 5.92 Å². The van der Waals surface area contributed by atoms with E-state index in [1.807, 2.05) is 18.7 Å². The Labute approximate surface area is 129 Å². The highest BCUT2D eigenvalue weighted by Gasteiger charge is 2.31. The van der Waals surface area contributed by atoms with Gasteiger partial charge in [-0.3, -0.25) is 4.79 Å². The molecule has 21 heavy (non-hydrogen) atoms. The van der Waals surface area contributed by atoms with Gasteiger partial charge in [-0.1, -0.05) is 6.92 Å². The average molecular weight is 310 g/mol. The van der Waals surface area contributed by atoms with E-state index in [1.54, 1.807) is 23.2 Å². The van der Waals surface area contributed by atoms with Crippen LogP contribution in [0.5, 0.6) is 0 Å². The van der Waals surface area contributed by atoms with Crippen LogP contribution in [-0.4, -0.2) is 46.5 Å². The molecule has 0 aromatic carbocycles. The molecule has 2 rings (SSSR count). The second-order valence-electron chi connectivity index (χ2n) is 5.48. The van der Waals surface area contributed by atoms with Gasteiger partial charge in [0.15, 0.2) is 0 Å². The molecule has 0 saturated carbocycles. The third-order valence-electron chi connectivity index (χ3n) is 4.09. The van der Waals surface area contributed by atoms with Gasteiger partial charge in [-0.25, -0.2) is 4.79 Å². The largest absolute Gasteiger partial charge is 0.481 e. The Bertz CT molecular complexity index is 529. The predicted octanol–water partition coefficient (Wildman–Crippen LogP) is 2.83. The third-order valence-corrected chi connectivity index (χ3v) is 5.09. The van der Waals surface area contributed by atoms with Gasteiger partial charge < -0.3 is 14.9 Å². The average Bonchev–Trinajstić information content (AvgIpc) is 2.93. The molecule has 2 heterocycles. The SMILES string of the molecule is CCN(CC(C)C(=O)O)C(=O)N1CCc2sccc2C1C. The summed E-state index contributed by atoms with van der Waals surface area (Å²) < 4.78 is 0. The van der Waals surface area contributed by atoms with Crippen LogP contribution in [0.4, 0.5) is 4.79 Å². The van der Waals surface area contributed by atoms with Gasteiger partial charge in [0.05, 0.1) is 12.0 Å². The lowest BCUT2D eigenvalue weighted by atomic mass is 10.0. The molecule has 0 radical (unpaired) electrons. The summed E-state index contributed by atoms with van der Waals surface area (Å²) >= 11 is 1.74. The lowest BCUT2D eigenvalue weighted by molar-refractivity contribution is -0.141. The first-order valence-electron chi connectivity index (χ1n) is 7.30. The quantitative estimate of drug-likeness (QED) is 0.930. The minimum absolute atomic E-state index is 0.0571. The molecule has 116 valence electrons. The summed E-state index contributed by atoms with van der Waals surface area (Å²) in [6.45, 7) is 7.04. The maximum Gasteiger partial charge on any atom is 0.320 e. The Balaban J connectivity index is 2.10. The number of carboxylic acid groups (broad SMARTS) is 1. The van der Waals surface area contributed by atoms with Gasteiger partial charge in [0.2, 0.25) is 0 Å². The number of hydrogen-bond acceptors (Lipinski definition) is 3. The normalized spacial score (nSPS) is 19.0. The molecule has 0 fully saturated rings. The monoisotopic (exact) mass is 310 g/mol. The van der Waals surface area contributed by atoms with Gasteiger partial charge in [0.25, 0.3) is 0 Å². The van der Waals surface area contributed by atoms with Crippen molar-refractivity contribution in [3.8, 4) is 0 Å². The Hall–Kier alpha value is -1.56. The number of aliphatic carboxylic acids is 1. The number of carbonyl (C=O) groups is 2. The van der Waals surface area contributed by atoms with Gasteiger partial charge in [-0.05, 0) is 37.3 Å². The molecule has 1 aliphatic heterocycles. The van der Waals surface area contributed by atoms with E-state index in [-0.39, 0.29) is 18.6 Å². The number of carbonyl (C=O) groups excluding carboxylic acids is 1. The Kier molecular flexibility index (Phi) is 4.88. The van der Waals surface area contributed by atoms with E-state index in [0.717, 1.165) is 6.42 Å². The molecule has 6 heteroatoms. The Morgan fingerprint density at radius 1 is 1.57 bits per heavy atom. The van der Waals surface area contributed by atoms with Crippen LogP contribution in [0.25, 0.3) is 0 Å². The van der Waals surface area contributed by atoms with E-state index >= 15 is 0 Å². The highest BCUT2D eigenvalue weighted by molar-refractivity contribution is 7.10. The molecule has 2 amide bonds. The lowest BCUT2D eigenvalue weighted by Gasteiger charge is -2.37. The molecule has 1 N–H and O–H groups in total. The van der Waals surface area contributed by atoms with Crippen molar-refractivity contribution in [3.63, 3.8) is 0 Å². The topological polar surface area (TPSA) is 60.9 Å². The standard InChI is InChI=1S/C15H22N2O3S/c1-4-16(9-10(2)14(18)19)15(20)17-7-5-13-12(11(17)3)6-8-21-13/h6,8,10-11H,4-5,7,9H2,1-3H3,(H,18,19). The van der Waals surface area contributed by atoms with Crippen molar-refractivity contribution in [1.82, 2.24) is 9.80 Å². The van der Waals surface area contributed by atoms with E-state index in [1.165, 1.54) is 10.4 Å². The number of fused-ring (bicyclic) bond motifs is 1. The zero-order valence-corrected chi connectivity index (χ0v) is 13.5. The van der Waals surface area contributed by atoms with Crippen LogP contribution in [-0.2, 0) is 11.2 Å². The van der Waals surface area contributed by atoms with Crippen molar-refractivity contribution in [2.24, 2.45) is 5.92 Å². The van der Waals surface area contributed by atoms with E-state index in [9.17, 15) is 9.59 Å². The summed E-state index contributed by atoms with van der Waals surface area (Å²) in [5.41, 5.74) is 1.22. The molecule has 0 aliphatic carbocycles.